The number of rotatable bonds is 10. The molecule has 10 rings (SSSR count). The van der Waals surface area contributed by atoms with Crippen molar-refractivity contribution in [1.29, 1.82) is 0 Å². The lowest BCUT2D eigenvalue weighted by Crippen LogP contribution is -2.54. The minimum absolute atomic E-state index is 0.0360. The van der Waals surface area contributed by atoms with Crippen LogP contribution >= 0.6 is 0 Å². The molecule has 6 heteroatoms. The van der Waals surface area contributed by atoms with Gasteiger partial charge in [-0.05, 0) is 249 Å². The SMILES string of the molecule is CC(=O)[C@H]1CC[C@H]2[C@@H]3CC[C@H]4C[C@H](OC(=O)CCC5CC=CC5)CC[C@]4(C)[C@H]3CC[C@]12C.CC(=O)[C@H]1CC[C@H]2[C@@H]3CC[C@H]4C[C@H](OC(=O)CCC5CC=CC5)CC[C@]4(C)[C@H]3CC[C@]12C. The Labute approximate surface area is 388 Å². The van der Waals surface area contributed by atoms with E-state index >= 15 is 0 Å². The van der Waals surface area contributed by atoms with Gasteiger partial charge in [-0.25, -0.2) is 0 Å². The smallest absolute Gasteiger partial charge is 0.306 e. The van der Waals surface area contributed by atoms with Gasteiger partial charge in [0.05, 0.1) is 0 Å². The molecule has 0 unspecified atom stereocenters. The van der Waals surface area contributed by atoms with Gasteiger partial charge < -0.3 is 9.47 Å². The first kappa shape index (κ1) is 46.9. The van der Waals surface area contributed by atoms with Crippen molar-refractivity contribution in [3.05, 3.63) is 24.3 Å². The first-order chi connectivity index (χ1) is 30.6. The highest BCUT2D eigenvalue weighted by Crippen LogP contribution is 2.69. The molecule has 0 N–H and O–H groups in total. The van der Waals surface area contributed by atoms with Crippen molar-refractivity contribution in [3.8, 4) is 0 Å². The molecule has 356 valence electrons. The van der Waals surface area contributed by atoms with E-state index in [9.17, 15) is 19.2 Å². The summed E-state index contributed by atoms with van der Waals surface area (Å²) in [6, 6.07) is 0. The fourth-order valence-electron chi connectivity index (χ4n) is 18.9. The van der Waals surface area contributed by atoms with Crippen LogP contribution in [-0.4, -0.2) is 35.7 Å². The molecule has 8 fully saturated rings. The summed E-state index contributed by atoms with van der Waals surface area (Å²) in [7, 11) is 0. The van der Waals surface area contributed by atoms with Crippen molar-refractivity contribution < 1.29 is 28.7 Å². The molecular formula is C58H88O6. The predicted octanol–water partition coefficient (Wildman–Crippen LogP) is 13.8. The fraction of sp³-hybridized carbons (Fsp3) is 0.862. The number of Topliss-reactive ketones (excluding diaryl/α,β-unsaturated/α-hetero) is 2. The number of fused-ring (bicyclic) bond motifs is 10. The zero-order chi connectivity index (χ0) is 45.0. The number of esters is 2. The van der Waals surface area contributed by atoms with E-state index in [1.807, 2.05) is 13.8 Å². The lowest BCUT2D eigenvalue weighted by Gasteiger charge is -2.61. The molecule has 0 saturated heterocycles. The summed E-state index contributed by atoms with van der Waals surface area (Å²) in [6.07, 6.45) is 38.7. The third kappa shape index (κ3) is 8.73. The lowest BCUT2D eigenvalue weighted by atomic mass is 9.44. The van der Waals surface area contributed by atoms with Crippen LogP contribution in [-0.2, 0) is 28.7 Å². The highest BCUT2D eigenvalue weighted by atomic mass is 16.5. The molecule has 0 aromatic rings. The molecule has 0 aromatic carbocycles. The van der Waals surface area contributed by atoms with Gasteiger partial charge in [0.2, 0.25) is 0 Å². The van der Waals surface area contributed by atoms with E-state index in [-0.39, 0.29) is 35.0 Å². The van der Waals surface area contributed by atoms with Gasteiger partial charge >= 0.3 is 11.9 Å². The molecule has 6 nitrogen and oxygen atoms in total. The van der Waals surface area contributed by atoms with E-state index in [4.69, 9.17) is 9.47 Å². The topological polar surface area (TPSA) is 86.7 Å². The standard InChI is InChI=1S/2C29H44O3/c2*1-19(30)24-11-12-25-23-10-9-21-18-22(32-27(31)13-8-20-6-4-5-7-20)14-16-28(21,2)26(23)15-17-29(24,25)3/h2*4-5,20-26H,6-18H2,1-3H3/t2*21-,22+,23-,24+,25-,26-,28-,29+/m00/s1. The largest absolute Gasteiger partial charge is 0.462 e. The molecule has 0 spiro atoms. The van der Waals surface area contributed by atoms with Crippen molar-refractivity contribution in [3.63, 3.8) is 0 Å². The average Bonchev–Trinajstić information content (AvgIpc) is 4.09. The Balaban J connectivity index is 0.000000162. The van der Waals surface area contributed by atoms with Gasteiger partial charge in [0, 0.05) is 24.7 Å². The maximum atomic E-state index is 12.5. The number of allylic oxidation sites excluding steroid dienone is 4. The Bertz CT molecular complexity index is 1650. The number of carbonyl (C=O) groups excluding carboxylic acids is 4. The highest BCUT2D eigenvalue weighted by molar-refractivity contribution is 5.80. The molecular weight excluding hydrogens is 793 g/mol. The minimum Gasteiger partial charge on any atom is -0.462 e. The van der Waals surface area contributed by atoms with Gasteiger partial charge in [0.25, 0.3) is 0 Å². The number of hydrogen-bond donors (Lipinski definition) is 0. The molecule has 0 aliphatic heterocycles. The summed E-state index contributed by atoms with van der Waals surface area (Å²) < 4.78 is 12.0. The molecule has 64 heavy (non-hydrogen) atoms. The first-order valence-electron chi connectivity index (χ1n) is 27.3. The van der Waals surface area contributed by atoms with Crippen LogP contribution in [0.15, 0.2) is 24.3 Å². The Morgan fingerprint density at radius 3 is 1.19 bits per heavy atom. The normalized spacial score (nSPS) is 45.7. The number of carbonyl (C=O) groups is 4. The second kappa shape index (κ2) is 18.7. The monoisotopic (exact) mass is 881 g/mol. The molecule has 0 bridgehead atoms. The Kier molecular flexibility index (Phi) is 13.7. The van der Waals surface area contributed by atoms with E-state index in [0.29, 0.717) is 70.7 Å². The fourth-order valence-corrected chi connectivity index (χ4v) is 18.9. The first-order valence-corrected chi connectivity index (χ1v) is 27.3. The summed E-state index contributed by atoms with van der Waals surface area (Å²) in [4.78, 5) is 49.7. The number of hydrogen-bond acceptors (Lipinski definition) is 6. The molecule has 0 amide bonds. The van der Waals surface area contributed by atoms with Gasteiger partial charge in [-0.2, -0.15) is 0 Å². The zero-order valence-corrected chi connectivity index (χ0v) is 41.2. The van der Waals surface area contributed by atoms with Gasteiger partial charge in [0.15, 0.2) is 0 Å². The molecule has 0 aromatic heterocycles. The summed E-state index contributed by atoms with van der Waals surface area (Å²) >= 11 is 0. The summed E-state index contributed by atoms with van der Waals surface area (Å²) in [5, 5.41) is 0. The summed E-state index contributed by atoms with van der Waals surface area (Å²) in [5.41, 5.74) is 1.30. The summed E-state index contributed by atoms with van der Waals surface area (Å²) in [6.45, 7) is 13.7. The van der Waals surface area contributed by atoms with Gasteiger partial charge in [-0.1, -0.05) is 52.0 Å². The van der Waals surface area contributed by atoms with Crippen molar-refractivity contribution in [1.82, 2.24) is 0 Å². The van der Waals surface area contributed by atoms with Crippen molar-refractivity contribution in [2.75, 3.05) is 0 Å². The van der Waals surface area contributed by atoms with Crippen LogP contribution in [0.3, 0.4) is 0 Å². The predicted molar refractivity (Wildman–Crippen MR) is 254 cm³/mol. The van der Waals surface area contributed by atoms with E-state index < -0.39 is 0 Å². The highest BCUT2D eigenvalue weighted by Gasteiger charge is 2.62. The van der Waals surface area contributed by atoms with Crippen LogP contribution in [0.1, 0.15) is 208 Å². The molecule has 0 radical (unpaired) electrons. The molecule has 0 heterocycles. The van der Waals surface area contributed by atoms with E-state index in [0.717, 1.165) is 113 Å². The van der Waals surface area contributed by atoms with E-state index in [1.54, 1.807) is 0 Å². The van der Waals surface area contributed by atoms with Crippen LogP contribution in [0.2, 0.25) is 0 Å². The maximum absolute atomic E-state index is 12.5. The average molecular weight is 881 g/mol. The van der Waals surface area contributed by atoms with Crippen molar-refractivity contribution in [2.24, 2.45) is 92.7 Å². The van der Waals surface area contributed by atoms with Gasteiger partial charge in [-0.15, -0.1) is 0 Å². The van der Waals surface area contributed by atoms with Crippen LogP contribution in [0, 0.1) is 92.7 Å². The van der Waals surface area contributed by atoms with Crippen molar-refractivity contribution in [2.45, 2.75) is 221 Å². The molecule has 10 aliphatic carbocycles. The Hall–Kier alpha value is -2.24. The second-order valence-corrected chi connectivity index (χ2v) is 25.4. The number of ketones is 2. The van der Waals surface area contributed by atoms with E-state index in [2.05, 4.69) is 52.0 Å². The third-order valence-corrected chi connectivity index (χ3v) is 22.5. The van der Waals surface area contributed by atoms with Crippen molar-refractivity contribution >= 4 is 23.5 Å². The molecule has 10 aliphatic rings. The summed E-state index contributed by atoms with van der Waals surface area (Å²) in [5.74, 6) is 8.94. The number of ether oxygens (including phenoxy) is 2. The molecule has 16 atom stereocenters. The van der Waals surface area contributed by atoms with Crippen LogP contribution < -0.4 is 0 Å². The molecule has 8 saturated carbocycles. The third-order valence-electron chi connectivity index (χ3n) is 22.5. The van der Waals surface area contributed by atoms with E-state index in [1.165, 1.54) is 77.0 Å². The zero-order valence-electron chi connectivity index (χ0n) is 41.2. The van der Waals surface area contributed by atoms with Crippen LogP contribution in [0.25, 0.3) is 0 Å². The quantitative estimate of drug-likeness (QED) is 0.160. The van der Waals surface area contributed by atoms with Gasteiger partial charge in [-0.3, -0.25) is 19.2 Å². The van der Waals surface area contributed by atoms with Crippen LogP contribution in [0.5, 0.6) is 0 Å². The second-order valence-electron chi connectivity index (χ2n) is 25.4. The lowest BCUT2D eigenvalue weighted by molar-refractivity contribution is -0.163. The van der Waals surface area contributed by atoms with Crippen LogP contribution in [0.4, 0.5) is 0 Å². The Morgan fingerprint density at radius 1 is 0.453 bits per heavy atom. The Morgan fingerprint density at radius 2 is 0.812 bits per heavy atom. The van der Waals surface area contributed by atoms with Gasteiger partial charge in [0.1, 0.15) is 23.8 Å². The maximum Gasteiger partial charge on any atom is 0.306 e. The minimum atomic E-state index is 0.0360.